The van der Waals surface area contributed by atoms with Crippen LogP contribution in [-0.2, 0) is 22.7 Å². The molecule has 1 unspecified atom stereocenters. The summed E-state index contributed by atoms with van der Waals surface area (Å²) in [5.41, 5.74) is 4.11. The van der Waals surface area contributed by atoms with Crippen LogP contribution < -0.4 is 14.8 Å². The summed E-state index contributed by atoms with van der Waals surface area (Å²) in [4.78, 5) is 12.8. The minimum Gasteiger partial charge on any atom is -0.492 e. The second-order valence-corrected chi connectivity index (χ2v) is 9.51. The van der Waals surface area contributed by atoms with Crippen molar-refractivity contribution in [1.82, 2.24) is 5.32 Å². The number of methoxy groups -OCH3 is 1. The maximum atomic E-state index is 12.8. The van der Waals surface area contributed by atoms with E-state index in [1.807, 2.05) is 85.8 Å². The average molecular weight is 579 g/mol. The fourth-order valence-electron chi connectivity index (χ4n) is 4.29. The first-order valence-corrected chi connectivity index (χ1v) is 13.3. The van der Waals surface area contributed by atoms with Crippen molar-refractivity contribution < 1.29 is 23.7 Å². The highest BCUT2D eigenvalue weighted by molar-refractivity contribution is 9.10. The molecular weight excluding hydrogens is 546 g/mol. The number of hydrogen-bond acceptors (Lipinski definition) is 5. The number of ether oxygens (including phenoxy) is 4. The Bertz CT molecular complexity index is 1310. The van der Waals surface area contributed by atoms with Crippen molar-refractivity contribution in [3.8, 4) is 11.5 Å². The minimum absolute atomic E-state index is 0.236. The lowest BCUT2D eigenvalue weighted by atomic mass is 9.93. The standard InChI is InChI=1S/C31H32BrNO5/c1-4-37-31(38-21-23-13-9-6-10-14-23)17-15-24(16-18-31)27-28(32)25(30(34)33-2)19-26(29(27)35-3)36-20-22-11-7-5-8-12-22/h5-17,19H,4,18,20-21H2,1-3H3,(H,33,34). The normalized spacial score (nSPS) is 16.6. The molecule has 1 atom stereocenters. The van der Waals surface area contributed by atoms with Crippen LogP contribution in [-0.4, -0.2) is 32.5 Å². The number of carbonyl (C=O) groups is 1. The molecule has 38 heavy (non-hydrogen) atoms. The van der Waals surface area contributed by atoms with Gasteiger partial charge >= 0.3 is 0 Å². The lowest BCUT2D eigenvalue weighted by molar-refractivity contribution is -0.206. The summed E-state index contributed by atoms with van der Waals surface area (Å²) in [5, 5.41) is 2.71. The molecule has 0 saturated heterocycles. The third-order valence-corrected chi connectivity index (χ3v) is 7.05. The summed E-state index contributed by atoms with van der Waals surface area (Å²) in [7, 11) is 3.20. The van der Waals surface area contributed by atoms with Crippen molar-refractivity contribution in [2.45, 2.75) is 32.3 Å². The molecule has 0 aromatic heterocycles. The van der Waals surface area contributed by atoms with Crippen LogP contribution in [0.5, 0.6) is 11.5 Å². The summed E-state index contributed by atoms with van der Waals surface area (Å²) in [6, 6.07) is 21.6. The van der Waals surface area contributed by atoms with Crippen LogP contribution in [0.25, 0.3) is 5.57 Å². The van der Waals surface area contributed by atoms with Gasteiger partial charge in [-0.2, -0.15) is 0 Å². The Balaban J connectivity index is 1.67. The number of nitrogens with one attached hydrogen (secondary N) is 1. The van der Waals surface area contributed by atoms with E-state index in [9.17, 15) is 4.79 Å². The Morgan fingerprint density at radius 1 is 1.00 bits per heavy atom. The Morgan fingerprint density at radius 2 is 1.66 bits per heavy atom. The molecule has 1 amide bonds. The third-order valence-electron chi connectivity index (χ3n) is 6.22. The Morgan fingerprint density at radius 3 is 2.21 bits per heavy atom. The monoisotopic (exact) mass is 577 g/mol. The SMILES string of the molecule is CCOC1(OCc2ccccc2)C=CC(c2c(Br)c(C(=O)NC)cc(OCc3ccccc3)c2OC)=CC1. The predicted molar refractivity (Wildman–Crippen MR) is 152 cm³/mol. The smallest absolute Gasteiger partial charge is 0.252 e. The highest BCUT2D eigenvalue weighted by Gasteiger charge is 2.32. The first-order chi connectivity index (χ1) is 18.5. The van der Waals surface area contributed by atoms with Gasteiger partial charge in [0.05, 0.1) is 19.3 Å². The van der Waals surface area contributed by atoms with E-state index < -0.39 is 5.79 Å². The zero-order valence-corrected chi connectivity index (χ0v) is 23.4. The number of carbonyl (C=O) groups excluding carboxylic acids is 1. The summed E-state index contributed by atoms with van der Waals surface area (Å²) in [6.45, 7) is 3.20. The van der Waals surface area contributed by atoms with Gasteiger partial charge in [0.15, 0.2) is 17.3 Å². The van der Waals surface area contributed by atoms with E-state index in [-0.39, 0.29) is 5.91 Å². The Kier molecular flexibility index (Phi) is 9.39. The zero-order chi connectivity index (χ0) is 27.0. The van der Waals surface area contributed by atoms with Gasteiger partial charge in [-0.3, -0.25) is 4.79 Å². The number of halogens is 1. The molecule has 1 aliphatic carbocycles. The molecule has 0 bridgehead atoms. The average Bonchev–Trinajstić information content (AvgIpc) is 2.96. The van der Waals surface area contributed by atoms with E-state index in [0.717, 1.165) is 22.3 Å². The number of hydrogen-bond donors (Lipinski definition) is 1. The molecule has 1 N–H and O–H groups in total. The van der Waals surface area contributed by atoms with Gasteiger partial charge in [0, 0.05) is 30.1 Å². The Labute approximate surface area is 232 Å². The van der Waals surface area contributed by atoms with Crippen LogP contribution in [0.3, 0.4) is 0 Å². The molecule has 4 rings (SSSR count). The molecule has 3 aromatic carbocycles. The van der Waals surface area contributed by atoms with E-state index in [0.29, 0.717) is 47.8 Å². The molecule has 0 aliphatic heterocycles. The van der Waals surface area contributed by atoms with Crippen molar-refractivity contribution in [3.63, 3.8) is 0 Å². The summed E-state index contributed by atoms with van der Waals surface area (Å²) < 4.78 is 25.0. The van der Waals surface area contributed by atoms with Crippen molar-refractivity contribution in [2.75, 3.05) is 20.8 Å². The molecule has 7 heteroatoms. The van der Waals surface area contributed by atoms with Crippen LogP contribution in [0.2, 0.25) is 0 Å². The van der Waals surface area contributed by atoms with Crippen molar-refractivity contribution in [1.29, 1.82) is 0 Å². The maximum absolute atomic E-state index is 12.8. The van der Waals surface area contributed by atoms with Crippen molar-refractivity contribution in [3.05, 3.63) is 112 Å². The number of allylic oxidation sites excluding steroid dienone is 2. The third kappa shape index (κ3) is 6.35. The highest BCUT2D eigenvalue weighted by atomic mass is 79.9. The summed E-state index contributed by atoms with van der Waals surface area (Å²) >= 11 is 3.67. The zero-order valence-electron chi connectivity index (χ0n) is 21.8. The lowest BCUT2D eigenvalue weighted by Crippen LogP contribution is -2.34. The molecular formula is C31H32BrNO5. The molecule has 1 aliphatic rings. The van der Waals surface area contributed by atoms with Crippen molar-refractivity contribution in [2.24, 2.45) is 0 Å². The highest BCUT2D eigenvalue weighted by Crippen LogP contribution is 2.45. The van der Waals surface area contributed by atoms with Crippen LogP contribution in [0.1, 0.15) is 40.4 Å². The van der Waals surface area contributed by atoms with Crippen LogP contribution in [0.15, 0.2) is 89.4 Å². The first-order valence-electron chi connectivity index (χ1n) is 12.5. The molecule has 0 spiro atoms. The van der Waals surface area contributed by atoms with Gasteiger partial charge in [-0.25, -0.2) is 0 Å². The van der Waals surface area contributed by atoms with E-state index in [4.69, 9.17) is 18.9 Å². The fourth-order valence-corrected chi connectivity index (χ4v) is 4.99. The van der Waals surface area contributed by atoms with Gasteiger partial charge in [-0.15, -0.1) is 0 Å². The van der Waals surface area contributed by atoms with Crippen molar-refractivity contribution >= 4 is 27.4 Å². The van der Waals surface area contributed by atoms with Gasteiger partial charge < -0.3 is 24.3 Å². The molecule has 0 saturated carbocycles. The van der Waals surface area contributed by atoms with Gasteiger partial charge in [-0.1, -0.05) is 72.8 Å². The predicted octanol–water partition coefficient (Wildman–Crippen LogP) is 6.69. The van der Waals surface area contributed by atoms with Gasteiger partial charge in [-0.05, 0) is 51.7 Å². The number of rotatable bonds is 11. The minimum atomic E-state index is -0.890. The second kappa shape index (κ2) is 12.9. The van der Waals surface area contributed by atoms with Gasteiger partial charge in [0.2, 0.25) is 0 Å². The van der Waals surface area contributed by atoms with Crippen LogP contribution >= 0.6 is 15.9 Å². The fraction of sp³-hybridized carbons (Fsp3) is 0.258. The van der Waals surface area contributed by atoms with Gasteiger partial charge in [0.1, 0.15) is 6.61 Å². The van der Waals surface area contributed by atoms with Crippen LogP contribution in [0.4, 0.5) is 0 Å². The first kappa shape index (κ1) is 27.6. The molecule has 3 aromatic rings. The number of amides is 1. The second-order valence-electron chi connectivity index (χ2n) is 8.71. The molecule has 198 valence electrons. The summed E-state index contributed by atoms with van der Waals surface area (Å²) in [6.07, 6.45) is 6.40. The van der Waals surface area contributed by atoms with E-state index in [1.165, 1.54) is 0 Å². The van der Waals surface area contributed by atoms with Crippen LogP contribution in [0, 0.1) is 0 Å². The molecule has 0 radical (unpaired) electrons. The molecule has 0 fully saturated rings. The topological polar surface area (TPSA) is 66.0 Å². The molecule has 0 heterocycles. The van der Waals surface area contributed by atoms with E-state index in [1.54, 1.807) is 20.2 Å². The summed E-state index contributed by atoms with van der Waals surface area (Å²) in [5.74, 6) is -0.116. The quantitative estimate of drug-likeness (QED) is 0.257. The largest absolute Gasteiger partial charge is 0.492 e. The van der Waals surface area contributed by atoms with E-state index >= 15 is 0 Å². The molecule has 6 nitrogen and oxygen atoms in total. The van der Waals surface area contributed by atoms with E-state index in [2.05, 4.69) is 21.2 Å². The maximum Gasteiger partial charge on any atom is 0.252 e. The number of benzene rings is 3. The lowest BCUT2D eigenvalue weighted by Gasteiger charge is -2.32. The Hall–Kier alpha value is -3.39. The van der Waals surface area contributed by atoms with Gasteiger partial charge in [0.25, 0.3) is 5.91 Å².